The summed E-state index contributed by atoms with van der Waals surface area (Å²) in [5.41, 5.74) is 2.57. The zero-order valence-electron chi connectivity index (χ0n) is 11.3. The third-order valence-electron chi connectivity index (χ3n) is 3.38. The Bertz CT molecular complexity index is 568. The first-order valence-electron chi connectivity index (χ1n) is 6.84. The minimum absolute atomic E-state index is 0.199. The van der Waals surface area contributed by atoms with Crippen molar-refractivity contribution < 1.29 is 0 Å². The first-order valence-corrected chi connectivity index (χ1v) is 6.84. The molecule has 3 rings (SSSR count). The first kappa shape index (κ1) is 12.5. The third-order valence-corrected chi connectivity index (χ3v) is 3.38. The summed E-state index contributed by atoms with van der Waals surface area (Å²) >= 11 is 0. The molecule has 1 heteroatoms. The zero-order valence-corrected chi connectivity index (χ0v) is 11.3. The van der Waals surface area contributed by atoms with Gasteiger partial charge in [-0.3, -0.25) is 0 Å². The van der Waals surface area contributed by atoms with Crippen LogP contribution in [0.25, 0.3) is 0 Å². The van der Waals surface area contributed by atoms with Crippen molar-refractivity contribution in [1.29, 1.82) is 0 Å². The molecule has 1 nitrogen and oxygen atoms in total. The van der Waals surface area contributed by atoms with Gasteiger partial charge in [0.25, 0.3) is 0 Å². The monoisotopic (exact) mass is 259 g/mol. The van der Waals surface area contributed by atoms with Gasteiger partial charge < -0.3 is 4.90 Å². The minimum Gasteiger partial charge on any atom is -0.343 e. The van der Waals surface area contributed by atoms with Crippen molar-refractivity contribution in [2.24, 2.45) is 0 Å². The lowest BCUT2D eigenvalue weighted by Gasteiger charge is -2.28. The molecule has 1 aliphatic heterocycles. The van der Waals surface area contributed by atoms with E-state index >= 15 is 0 Å². The van der Waals surface area contributed by atoms with Crippen LogP contribution in [0.4, 0.5) is 0 Å². The number of rotatable bonds is 3. The van der Waals surface area contributed by atoms with Crippen molar-refractivity contribution in [1.82, 2.24) is 4.90 Å². The van der Waals surface area contributed by atoms with E-state index in [1.807, 2.05) is 12.2 Å². The Kier molecular flexibility index (Phi) is 3.79. The van der Waals surface area contributed by atoms with E-state index in [-0.39, 0.29) is 6.04 Å². The lowest BCUT2D eigenvalue weighted by molar-refractivity contribution is 0.428. The van der Waals surface area contributed by atoms with Crippen LogP contribution in [-0.4, -0.2) is 4.90 Å². The van der Waals surface area contributed by atoms with E-state index in [9.17, 15) is 0 Å². The molecule has 0 saturated heterocycles. The Hall–Kier alpha value is -2.54. The number of allylic oxidation sites excluding steroid dienone is 4. The van der Waals surface area contributed by atoms with Gasteiger partial charge >= 0.3 is 0 Å². The van der Waals surface area contributed by atoms with Crippen molar-refractivity contribution in [2.75, 3.05) is 0 Å². The predicted molar refractivity (Wildman–Crippen MR) is 84.0 cm³/mol. The Morgan fingerprint density at radius 1 is 0.550 bits per heavy atom. The third kappa shape index (κ3) is 2.72. The fourth-order valence-electron chi connectivity index (χ4n) is 2.46. The van der Waals surface area contributed by atoms with E-state index in [1.165, 1.54) is 11.1 Å². The van der Waals surface area contributed by atoms with Gasteiger partial charge in [0.2, 0.25) is 0 Å². The van der Waals surface area contributed by atoms with Gasteiger partial charge in [0.1, 0.15) is 0 Å². The quantitative estimate of drug-likeness (QED) is 0.774. The van der Waals surface area contributed by atoms with Crippen LogP contribution in [0, 0.1) is 0 Å². The molecular formula is C19H17N. The Morgan fingerprint density at radius 2 is 1.00 bits per heavy atom. The summed E-state index contributed by atoms with van der Waals surface area (Å²) in [7, 11) is 0. The number of benzene rings is 2. The normalized spacial score (nSPS) is 13.8. The SMILES string of the molecule is C1=CC=CN(C(c2ccccc2)c2ccccc2)C=C1. The fourth-order valence-corrected chi connectivity index (χ4v) is 2.46. The average molecular weight is 259 g/mol. The second-order valence-corrected chi connectivity index (χ2v) is 4.74. The summed E-state index contributed by atoms with van der Waals surface area (Å²) in [5.74, 6) is 0. The molecule has 20 heavy (non-hydrogen) atoms. The average Bonchev–Trinajstić information content (AvgIpc) is 2.79. The van der Waals surface area contributed by atoms with Gasteiger partial charge in [-0.2, -0.15) is 0 Å². The van der Waals surface area contributed by atoms with Crippen molar-refractivity contribution in [3.05, 3.63) is 108 Å². The highest BCUT2D eigenvalue weighted by molar-refractivity contribution is 5.34. The van der Waals surface area contributed by atoms with Crippen LogP contribution in [0.1, 0.15) is 17.2 Å². The maximum absolute atomic E-state index is 2.24. The van der Waals surface area contributed by atoms with Gasteiger partial charge in [0.15, 0.2) is 0 Å². The molecule has 98 valence electrons. The molecule has 0 spiro atoms. The van der Waals surface area contributed by atoms with Crippen LogP contribution in [-0.2, 0) is 0 Å². The van der Waals surface area contributed by atoms with E-state index < -0.39 is 0 Å². The van der Waals surface area contributed by atoms with Gasteiger partial charge in [-0.25, -0.2) is 0 Å². The molecule has 0 bridgehead atoms. The lowest BCUT2D eigenvalue weighted by Crippen LogP contribution is -2.19. The standard InChI is InChI=1S/C19H17N/c1-2-10-16-20(15-9-1)19(17-11-5-3-6-12-17)18-13-7-4-8-14-18/h1-16,19H. The Balaban J connectivity index is 2.04. The van der Waals surface area contributed by atoms with Crippen LogP contribution in [0.15, 0.2) is 97.4 Å². The summed E-state index contributed by atoms with van der Waals surface area (Å²) in [6.45, 7) is 0. The van der Waals surface area contributed by atoms with Gasteiger partial charge in [0.05, 0.1) is 6.04 Å². The Morgan fingerprint density at radius 3 is 1.45 bits per heavy atom. The molecule has 0 amide bonds. The maximum atomic E-state index is 2.24. The van der Waals surface area contributed by atoms with E-state index in [1.54, 1.807) is 0 Å². The highest BCUT2D eigenvalue weighted by Gasteiger charge is 2.18. The molecule has 2 aromatic rings. The summed E-state index contributed by atoms with van der Waals surface area (Å²) in [4.78, 5) is 2.24. The lowest BCUT2D eigenvalue weighted by atomic mass is 9.97. The smallest absolute Gasteiger partial charge is 0.0833 e. The van der Waals surface area contributed by atoms with Crippen LogP contribution in [0.3, 0.4) is 0 Å². The van der Waals surface area contributed by atoms with Crippen molar-refractivity contribution in [3.8, 4) is 0 Å². The molecule has 0 aliphatic carbocycles. The minimum atomic E-state index is 0.199. The van der Waals surface area contributed by atoms with Crippen molar-refractivity contribution >= 4 is 0 Å². The molecule has 0 aromatic heterocycles. The topological polar surface area (TPSA) is 3.24 Å². The molecule has 0 saturated carbocycles. The van der Waals surface area contributed by atoms with E-state index in [0.717, 1.165) is 0 Å². The van der Waals surface area contributed by atoms with Gasteiger partial charge in [-0.15, -0.1) is 0 Å². The molecule has 1 aliphatic rings. The van der Waals surface area contributed by atoms with E-state index in [0.29, 0.717) is 0 Å². The molecule has 0 radical (unpaired) electrons. The second-order valence-electron chi connectivity index (χ2n) is 4.74. The van der Waals surface area contributed by atoms with Crippen LogP contribution < -0.4 is 0 Å². The van der Waals surface area contributed by atoms with Crippen LogP contribution in [0.2, 0.25) is 0 Å². The fraction of sp³-hybridized carbons (Fsp3) is 0.0526. The second kappa shape index (κ2) is 6.07. The molecule has 1 heterocycles. The molecule has 2 aromatic carbocycles. The van der Waals surface area contributed by atoms with Gasteiger partial charge in [-0.1, -0.05) is 72.8 Å². The van der Waals surface area contributed by atoms with Crippen molar-refractivity contribution in [3.63, 3.8) is 0 Å². The maximum Gasteiger partial charge on any atom is 0.0833 e. The molecule has 0 atom stereocenters. The van der Waals surface area contributed by atoms with E-state index in [2.05, 4.69) is 90.1 Å². The molecule has 0 N–H and O–H groups in total. The highest BCUT2D eigenvalue weighted by Crippen LogP contribution is 2.29. The predicted octanol–water partition coefficient (Wildman–Crippen LogP) is 4.68. The Labute approximate surface area is 120 Å². The first-order chi connectivity index (χ1) is 9.95. The van der Waals surface area contributed by atoms with Gasteiger partial charge in [-0.05, 0) is 23.3 Å². The summed E-state index contributed by atoms with van der Waals surface area (Å²) in [5, 5.41) is 0. The number of hydrogen-bond acceptors (Lipinski definition) is 1. The molecular weight excluding hydrogens is 242 g/mol. The molecule has 0 fully saturated rings. The highest BCUT2D eigenvalue weighted by atomic mass is 15.1. The molecule has 0 unspecified atom stereocenters. The summed E-state index contributed by atoms with van der Waals surface area (Å²) in [6.07, 6.45) is 12.5. The van der Waals surface area contributed by atoms with E-state index in [4.69, 9.17) is 0 Å². The summed E-state index contributed by atoms with van der Waals surface area (Å²) < 4.78 is 0. The van der Waals surface area contributed by atoms with Gasteiger partial charge in [0, 0.05) is 12.4 Å². The largest absolute Gasteiger partial charge is 0.343 e. The number of nitrogens with zero attached hydrogens (tertiary/aromatic N) is 1. The summed E-state index contributed by atoms with van der Waals surface area (Å²) in [6, 6.07) is 21.4. The number of hydrogen-bond donors (Lipinski definition) is 0. The van der Waals surface area contributed by atoms with Crippen LogP contribution in [0.5, 0.6) is 0 Å². The zero-order chi connectivity index (χ0) is 13.6. The van der Waals surface area contributed by atoms with Crippen molar-refractivity contribution in [2.45, 2.75) is 6.04 Å². The van der Waals surface area contributed by atoms with Crippen LogP contribution >= 0.6 is 0 Å².